The van der Waals surface area contributed by atoms with E-state index in [4.69, 9.17) is 4.74 Å². The molecule has 3 aromatic rings. The molecule has 0 aliphatic carbocycles. The quantitative estimate of drug-likeness (QED) is 0.564. The smallest absolute Gasteiger partial charge is 0.419 e. The molecule has 1 aromatic heterocycles. The molecule has 0 saturated carbocycles. The first-order chi connectivity index (χ1) is 14.6. The molecule has 0 radical (unpaired) electrons. The second kappa shape index (κ2) is 8.79. The van der Waals surface area contributed by atoms with Crippen LogP contribution in [0.25, 0.3) is 5.69 Å². The number of amides is 1. The van der Waals surface area contributed by atoms with Gasteiger partial charge in [0, 0.05) is 0 Å². The number of ether oxygens (including phenoxy) is 1. The number of aromatic nitrogens is 2. The summed E-state index contributed by atoms with van der Waals surface area (Å²) in [4.78, 5) is 12.8. The van der Waals surface area contributed by atoms with Crippen LogP contribution in [0.1, 0.15) is 34.2 Å². The van der Waals surface area contributed by atoms with Crippen molar-refractivity contribution in [1.29, 1.82) is 0 Å². The molecule has 2 aromatic carbocycles. The Bertz CT molecular complexity index is 1080. The summed E-state index contributed by atoms with van der Waals surface area (Å²) in [7, 11) is 0. The summed E-state index contributed by atoms with van der Waals surface area (Å²) < 4.78 is 59.3. The van der Waals surface area contributed by atoms with E-state index in [1.165, 1.54) is 35.0 Å². The third-order valence-electron chi connectivity index (χ3n) is 4.65. The molecular weight excluding hydrogens is 414 g/mol. The maximum Gasteiger partial charge on any atom is 0.419 e. The highest BCUT2D eigenvalue weighted by atomic mass is 19.4. The van der Waals surface area contributed by atoms with E-state index in [9.17, 15) is 22.4 Å². The molecule has 164 valence electrons. The van der Waals surface area contributed by atoms with E-state index < -0.39 is 23.7 Å². The lowest BCUT2D eigenvalue weighted by atomic mass is 10.1. The number of para-hydroxylation sites is 1. The predicted molar refractivity (Wildman–Crippen MR) is 107 cm³/mol. The Morgan fingerprint density at radius 2 is 1.77 bits per heavy atom. The highest BCUT2D eigenvalue weighted by Crippen LogP contribution is 2.35. The van der Waals surface area contributed by atoms with Gasteiger partial charge in [0.25, 0.3) is 5.91 Å². The number of halogens is 4. The van der Waals surface area contributed by atoms with Crippen LogP contribution >= 0.6 is 0 Å². The Morgan fingerprint density at radius 3 is 2.42 bits per heavy atom. The summed E-state index contributed by atoms with van der Waals surface area (Å²) in [6.45, 7) is 4.86. The third-order valence-corrected chi connectivity index (χ3v) is 4.65. The van der Waals surface area contributed by atoms with E-state index in [1.54, 1.807) is 32.9 Å². The largest absolute Gasteiger partial charge is 0.491 e. The van der Waals surface area contributed by atoms with Crippen LogP contribution < -0.4 is 10.1 Å². The maximum absolute atomic E-state index is 13.2. The van der Waals surface area contributed by atoms with Crippen molar-refractivity contribution in [3.05, 3.63) is 76.9 Å². The van der Waals surface area contributed by atoms with Gasteiger partial charge in [0.2, 0.25) is 0 Å². The number of rotatable bonds is 6. The van der Waals surface area contributed by atoms with Crippen molar-refractivity contribution in [2.75, 3.05) is 6.61 Å². The molecular formula is C22H21F4N3O2. The van der Waals surface area contributed by atoms with E-state index in [0.29, 0.717) is 22.6 Å². The van der Waals surface area contributed by atoms with Crippen LogP contribution in [0, 0.1) is 19.7 Å². The number of hydrogen-bond donors (Lipinski definition) is 1. The van der Waals surface area contributed by atoms with Gasteiger partial charge in [0.15, 0.2) is 0 Å². The number of hydrogen-bond acceptors (Lipinski definition) is 3. The number of nitrogens with one attached hydrogen (secondary N) is 1. The standard InChI is InChI=1S/C22H21F4N3O2/c1-13(12-31-19-7-5-4-6-18(19)22(24,25)26)27-21(30)20-14(2)28-29(15(20)3)17-10-8-16(23)9-11-17/h4-11,13H,12H2,1-3H3,(H,27,30)/t13-/m0/s1. The molecule has 1 heterocycles. The fourth-order valence-corrected chi connectivity index (χ4v) is 3.18. The van der Waals surface area contributed by atoms with Gasteiger partial charge in [-0.05, 0) is 57.2 Å². The summed E-state index contributed by atoms with van der Waals surface area (Å²) in [5.41, 5.74) is 1.08. The normalized spacial score (nSPS) is 12.5. The van der Waals surface area contributed by atoms with Crippen LogP contribution in [0.4, 0.5) is 17.6 Å². The summed E-state index contributed by atoms with van der Waals surface area (Å²) >= 11 is 0. The Morgan fingerprint density at radius 1 is 1.13 bits per heavy atom. The van der Waals surface area contributed by atoms with Crippen LogP contribution in [0.2, 0.25) is 0 Å². The summed E-state index contributed by atoms with van der Waals surface area (Å²) in [6, 6.07) is 10.0. The minimum atomic E-state index is -4.54. The SMILES string of the molecule is Cc1nn(-c2ccc(F)cc2)c(C)c1C(=O)N[C@@H](C)COc1ccccc1C(F)(F)F. The maximum atomic E-state index is 13.2. The molecule has 0 spiro atoms. The van der Waals surface area contributed by atoms with Gasteiger partial charge in [-0.15, -0.1) is 0 Å². The van der Waals surface area contributed by atoms with Gasteiger partial charge >= 0.3 is 6.18 Å². The number of nitrogens with zero attached hydrogens (tertiary/aromatic N) is 2. The van der Waals surface area contributed by atoms with Gasteiger partial charge in [-0.2, -0.15) is 18.3 Å². The molecule has 0 fully saturated rings. The van der Waals surface area contributed by atoms with E-state index >= 15 is 0 Å². The van der Waals surface area contributed by atoms with Crippen LogP contribution in [-0.4, -0.2) is 28.3 Å². The lowest BCUT2D eigenvalue weighted by molar-refractivity contribution is -0.139. The van der Waals surface area contributed by atoms with Gasteiger partial charge in [-0.1, -0.05) is 12.1 Å². The molecule has 31 heavy (non-hydrogen) atoms. The van der Waals surface area contributed by atoms with Crippen molar-refractivity contribution < 1.29 is 27.1 Å². The molecule has 0 bridgehead atoms. The van der Waals surface area contributed by atoms with Crippen LogP contribution in [0.5, 0.6) is 5.75 Å². The van der Waals surface area contributed by atoms with E-state index in [1.807, 2.05) is 0 Å². The first kappa shape index (κ1) is 22.3. The van der Waals surface area contributed by atoms with Crippen LogP contribution in [0.15, 0.2) is 48.5 Å². The summed E-state index contributed by atoms with van der Waals surface area (Å²) in [6.07, 6.45) is -4.54. The molecule has 3 rings (SSSR count). The molecule has 1 atom stereocenters. The van der Waals surface area contributed by atoms with Crippen LogP contribution in [0.3, 0.4) is 0 Å². The molecule has 5 nitrogen and oxygen atoms in total. The second-order valence-corrected chi connectivity index (χ2v) is 7.11. The Kier molecular flexibility index (Phi) is 6.33. The molecule has 0 aliphatic rings. The van der Waals surface area contributed by atoms with Crippen molar-refractivity contribution in [3.63, 3.8) is 0 Å². The van der Waals surface area contributed by atoms with Gasteiger partial charge in [-0.3, -0.25) is 4.79 Å². The van der Waals surface area contributed by atoms with E-state index in [2.05, 4.69) is 10.4 Å². The minimum Gasteiger partial charge on any atom is -0.491 e. The summed E-state index contributed by atoms with van der Waals surface area (Å²) in [5.74, 6) is -1.11. The zero-order valence-corrected chi connectivity index (χ0v) is 17.1. The monoisotopic (exact) mass is 435 g/mol. The van der Waals surface area contributed by atoms with Crippen LogP contribution in [-0.2, 0) is 6.18 Å². The number of carbonyl (C=O) groups is 1. The Labute approximate surface area is 176 Å². The van der Waals surface area contributed by atoms with Gasteiger partial charge in [-0.25, -0.2) is 9.07 Å². The molecule has 0 aliphatic heterocycles. The fraction of sp³-hybridized carbons (Fsp3) is 0.273. The number of carbonyl (C=O) groups excluding carboxylic acids is 1. The van der Waals surface area contributed by atoms with Crippen molar-refractivity contribution >= 4 is 5.91 Å². The number of benzene rings is 2. The fourth-order valence-electron chi connectivity index (χ4n) is 3.18. The molecule has 0 unspecified atom stereocenters. The average Bonchev–Trinajstić information content (AvgIpc) is 3.00. The zero-order valence-electron chi connectivity index (χ0n) is 17.1. The van der Waals surface area contributed by atoms with E-state index in [-0.39, 0.29) is 18.2 Å². The Balaban J connectivity index is 1.70. The summed E-state index contributed by atoms with van der Waals surface area (Å²) in [5, 5.41) is 7.07. The van der Waals surface area contributed by atoms with Crippen molar-refractivity contribution in [3.8, 4) is 11.4 Å². The van der Waals surface area contributed by atoms with Gasteiger partial charge < -0.3 is 10.1 Å². The topological polar surface area (TPSA) is 56.2 Å². The Hall–Kier alpha value is -3.36. The zero-order chi connectivity index (χ0) is 22.8. The lowest BCUT2D eigenvalue weighted by Crippen LogP contribution is -2.37. The molecule has 9 heteroatoms. The van der Waals surface area contributed by atoms with Gasteiger partial charge in [0.1, 0.15) is 18.2 Å². The average molecular weight is 435 g/mol. The lowest BCUT2D eigenvalue weighted by Gasteiger charge is -2.18. The third kappa shape index (κ3) is 5.04. The minimum absolute atomic E-state index is 0.150. The first-order valence-electron chi connectivity index (χ1n) is 9.50. The van der Waals surface area contributed by atoms with E-state index in [0.717, 1.165) is 6.07 Å². The highest BCUT2D eigenvalue weighted by Gasteiger charge is 2.34. The molecule has 1 N–H and O–H groups in total. The second-order valence-electron chi connectivity index (χ2n) is 7.11. The molecule has 1 amide bonds. The number of aryl methyl sites for hydroxylation is 1. The van der Waals surface area contributed by atoms with Gasteiger partial charge in [0.05, 0.1) is 34.2 Å². The predicted octanol–water partition coefficient (Wildman–Crippen LogP) is 4.84. The highest BCUT2D eigenvalue weighted by molar-refractivity contribution is 5.96. The number of alkyl halides is 3. The van der Waals surface area contributed by atoms with Crippen molar-refractivity contribution in [2.24, 2.45) is 0 Å². The van der Waals surface area contributed by atoms with Crippen molar-refractivity contribution in [2.45, 2.75) is 33.0 Å². The molecule has 0 saturated heterocycles. The van der Waals surface area contributed by atoms with Crippen molar-refractivity contribution in [1.82, 2.24) is 15.1 Å². The first-order valence-corrected chi connectivity index (χ1v) is 9.50.